The van der Waals surface area contributed by atoms with Crippen LogP contribution in [0.2, 0.25) is 0 Å². The van der Waals surface area contributed by atoms with Gasteiger partial charge in [0.1, 0.15) is 0 Å². The lowest BCUT2D eigenvalue weighted by Gasteiger charge is -2.38. The summed E-state index contributed by atoms with van der Waals surface area (Å²) in [6.45, 7) is 18.5. The Hall–Kier alpha value is -0.160. The molecular formula is C31H58N4. The number of rotatable bonds is 6. The van der Waals surface area contributed by atoms with E-state index in [-0.39, 0.29) is 0 Å². The average molecular weight is 487 g/mol. The van der Waals surface area contributed by atoms with Crippen molar-refractivity contribution in [2.45, 2.75) is 71.6 Å². The fraction of sp³-hybridized carbons (Fsp3) is 1.00. The lowest BCUT2D eigenvalue weighted by molar-refractivity contribution is 0.119. The van der Waals surface area contributed by atoms with E-state index in [1.807, 2.05) is 0 Å². The maximum absolute atomic E-state index is 2.76. The molecule has 6 aliphatic rings. The highest BCUT2D eigenvalue weighted by molar-refractivity contribution is 4.94. The number of nitrogens with zero attached hydrogens (tertiary/aromatic N) is 4. The molecule has 0 N–H and O–H groups in total. The van der Waals surface area contributed by atoms with Gasteiger partial charge in [0.2, 0.25) is 0 Å². The Morgan fingerprint density at radius 2 is 0.914 bits per heavy atom. The van der Waals surface area contributed by atoms with Crippen LogP contribution in [0.25, 0.3) is 0 Å². The maximum Gasteiger partial charge on any atom is 0.00251 e. The number of hydrogen-bond donors (Lipinski definition) is 0. The molecule has 0 spiro atoms. The summed E-state index contributed by atoms with van der Waals surface area (Å²) in [5, 5.41) is 0. The van der Waals surface area contributed by atoms with Crippen LogP contribution in [0.3, 0.4) is 0 Å². The number of likely N-dealkylation sites (tertiary alicyclic amines) is 4. The highest BCUT2D eigenvalue weighted by atomic mass is 15.2. The van der Waals surface area contributed by atoms with Crippen LogP contribution in [-0.4, -0.2) is 99.1 Å². The van der Waals surface area contributed by atoms with Gasteiger partial charge in [0.15, 0.2) is 0 Å². The highest BCUT2D eigenvalue weighted by Gasteiger charge is 2.42. The molecule has 0 radical (unpaired) electrons. The van der Waals surface area contributed by atoms with Gasteiger partial charge in [-0.25, -0.2) is 0 Å². The Bertz CT molecular complexity index is 630. The van der Waals surface area contributed by atoms with Crippen molar-refractivity contribution in [2.24, 2.45) is 47.3 Å². The van der Waals surface area contributed by atoms with E-state index < -0.39 is 0 Å². The van der Waals surface area contributed by atoms with Gasteiger partial charge in [-0.1, -0.05) is 33.1 Å². The molecule has 4 unspecified atom stereocenters. The molecule has 4 atom stereocenters. The smallest absolute Gasteiger partial charge is 0.00251 e. The van der Waals surface area contributed by atoms with Gasteiger partial charge >= 0.3 is 0 Å². The third-order valence-corrected chi connectivity index (χ3v) is 11.1. The molecule has 2 aliphatic carbocycles. The Balaban J connectivity index is 0.000000145. The van der Waals surface area contributed by atoms with Crippen LogP contribution < -0.4 is 0 Å². The first-order valence-corrected chi connectivity index (χ1v) is 15.8. The van der Waals surface area contributed by atoms with E-state index in [2.05, 4.69) is 47.5 Å². The Morgan fingerprint density at radius 1 is 0.514 bits per heavy atom. The van der Waals surface area contributed by atoms with Gasteiger partial charge in [0.05, 0.1) is 0 Å². The van der Waals surface area contributed by atoms with Crippen molar-refractivity contribution in [2.75, 3.05) is 79.5 Å². The fourth-order valence-electron chi connectivity index (χ4n) is 8.24. The summed E-state index contributed by atoms with van der Waals surface area (Å²) >= 11 is 0. The molecule has 0 amide bonds. The molecule has 4 heteroatoms. The third kappa shape index (κ3) is 7.24. The van der Waals surface area contributed by atoms with Gasteiger partial charge in [-0.2, -0.15) is 0 Å². The van der Waals surface area contributed by atoms with Gasteiger partial charge in [-0.3, -0.25) is 0 Å². The van der Waals surface area contributed by atoms with Crippen molar-refractivity contribution in [3.63, 3.8) is 0 Å². The van der Waals surface area contributed by atoms with Crippen molar-refractivity contribution in [1.82, 2.24) is 19.6 Å². The maximum atomic E-state index is 2.76. The van der Waals surface area contributed by atoms with Crippen molar-refractivity contribution in [3.05, 3.63) is 0 Å². The SMILES string of the molecule is CC1CCN(CC2CN(C)CC2C2CC2)CC1.CC1CCN(CC2CN(C)CC2C2CCC2)CC1. The van der Waals surface area contributed by atoms with E-state index in [0.717, 1.165) is 47.3 Å². The second-order valence-electron chi connectivity index (χ2n) is 14.3. The van der Waals surface area contributed by atoms with Crippen molar-refractivity contribution >= 4 is 0 Å². The van der Waals surface area contributed by atoms with Crippen LogP contribution >= 0.6 is 0 Å². The molecule has 6 rings (SSSR count). The molecule has 4 nitrogen and oxygen atoms in total. The van der Waals surface area contributed by atoms with E-state index in [1.54, 1.807) is 0 Å². The minimum Gasteiger partial charge on any atom is -0.306 e. The Morgan fingerprint density at radius 3 is 1.26 bits per heavy atom. The molecule has 4 aliphatic heterocycles. The first kappa shape index (κ1) is 26.4. The summed E-state index contributed by atoms with van der Waals surface area (Å²) in [6, 6.07) is 0. The summed E-state index contributed by atoms with van der Waals surface area (Å²) in [7, 11) is 4.64. The standard InChI is InChI=1S/C16H30N2.C15H28N2/c1-13-6-8-18(9-7-13)11-15-10-17(2)12-16(15)14-4-3-5-14;1-12-5-7-17(8-6-12)10-14-9-16(2)11-15(14)13-3-4-13/h13-16H,3-12H2,1-2H3;12-15H,3-11H2,1-2H3. The van der Waals surface area contributed by atoms with Crippen molar-refractivity contribution in [3.8, 4) is 0 Å². The van der Waals surface area contributed by atoms with Gasteiger partial charge in [-0.15, -0.1) is 0 Å². The first-order valence-electron chi connectivity index (χ1n) is 15.8. The molecule has 2 saturated carbocycles. The summed E-state index contributed by atoms with van der Waals surface area (Å²) in [5.74, 6) is 8.08. The zero-order valence-corrected chi connectivity index (χ0v) is 23.8. The van der Waals surface area contributed by atoms with E-state index in [0.29, 0.717) is 0 Å². The van der Waals surface area contributed by atoms with Crippen LogP contribution in [0.5, 0.6) is 0 Å². The molecule has 0 aromatic rings. The van der Waals surface area contributed by atoms with Gasteiger partial charge in [0, 0.05) is 39.3 Å². The largest absolute Gasteiger partial charge is 0.306 e. The zero-order valence-electron chi connectivity index (χ0n) is 23.8. The molecule has 0 aromatic heterocycles. The number of piperidine rings is 2. The molecule has 0 aromatic carbocycles. The average Bonchev–Trinajstić information content (AvgIpc) is 3.49. The van der Waals surface area contributed by atoms with Crippen LogP contribution in [0.4, 0.5) is 0 Å². The lowest BCUT2D eigenvalue weighted by Crippen LogP contribution is -2.40. The van der Waals surface area contributed by atoms with Crippen LogP contribution in [0.15, 0.2) is 0 Å². The lowest BCUT2D eigenvalue weighted by atomic mass is 9.72. The minimum atomic E-state index is 0.966. The summed E-state index contributed by atoms with van der Waals surface area (Å²) in [5.41, 5.74) is 0. The van der Waals surface area contributed by atoms with E-state index in [4.69, 9.17) is 0 Å². The predicted octanol–water partition coefficient (Wildman–Crippen LogP) is 5.00. The van der Waals surface area contributed by atoms with E-state index in [1.165, 1.54) is 123 Å². The second-order valence-corrected chi connectivity index (χ2v) is 14.3. The fourth-order valence-corrected chi connectivity index (χ4v) is 8.24. The first-order chi connectivity index (χ1) is 16.9. The third-order valence-electron chi connectivity index (χ3n) is 11.1. The summed E-state index contributed by atoms with van der Waals surface area (Å²) in [6.07, 6.45) is 13.3. The monoisotopic (exact) mass is 486 g/mol. The molecule has 4 heterocycles. The van der Waals surface area contributed by atoms with E-state index >= 15 is 0 Å². The normalized spacial score (nSPS) is 37.4. The van der Waals surface area contributed by atoms with Crippen LogP contribution in [-0.2, 0) is 0 Å². The molecule has 6 fully saturated rings. The quantitative estimate of drug-likeness (QED) is 0.524. The molecule has 202 valence electrons. The molecule has 35 heavy (non-hydrogen) atoms. The van der Waals surface area contributed by atoms with Crippen LogP contribution in [0, 0.1) is 47.3 Å². The van der Waals surface area contributed by atoms with Crippen molar-refractivity contribution < 1.29 is 0 Å². The Labute approximate surface area is 218 Å². The number of hydrogen-bond acceptors (Lipinski definition) is 4. The highest BCUT2D eigenvalue weighted by Crippen LogP contribution is 2.44. The summed E-state index contributed by atoms with van der Waals surface area (Å²) in [4.78, 5) is 10.7. The molecule has 0 bridgehead atoms. The molecular weight excluding hydrogens is 428 g/mol. The van der Waals surface area contributed by atoms with E-state index in [9.17, 15) is 0 Å². The topological polar surface area (TPSA) is 13.0 Å². The summed E-state index contributed by atoms with van der Waals surface area (Å²) < 4.78 is 0. The zero-order chi connectivity index (χ0) is 24.4. The molecule has 4 saturated heterocycles. The predicted molar refractivity (Wildman–Crippen MR) is 149 cm³/mol. The van der Waals surface area contributed by atoms with Crippen LogP contribution in [0.1, 0.15) is 71.6 Å². The van der Waals surface area contributed by atoms with Gasteiger partial charge in [-0.05, 0) is 126 Å². The minimum absolute atomic E-state index is 0.966. The van der Waals surface area contributed by atoms with Gasteiger partial charge in [0.25, 0.3) is 0 Å². The van der Waals surface area contributed by atoms with Crippen molar-refractivity contribution in [1.29, 1.82) is 0 Å². The Kier molecular flexibility index (Phi) is 9.17. The van der Waals surface area contributed by atoms with Gasteiger partial charge < -0.3 is 19.6 Å². The second kappa shape index (κ2) is 12.1.